The number of halogens is 1. The van der Waals surface area contributed by atoms with Gasteiger partial charge in [-0.3, -0.25) is 4.68 Å². The predicted molar refractivity (Wildman–Crippen MR) is 119 cm³/mol. The van der Waals surface area contributed by atoms with Gasteiger partial charge in [0.1, 0.15) is 5.15 Å². The van der Waals surface area contributed by atoms with Crippen molar-refractivity contribution >= 4 is 34.6 Å². The average molecular weight is 428 g/mol. The molecule has 3 N–H and O–H groups in total. The Morgan fingerprint density at radius 3 is 2.77 bits per heavy atom. The molecule has 0 fully saturated rings. The van der Waals surface area contributed by atoms with Crippen LogP contribution in [0.3, 0.4) is 0 Å². The van der Waals surface area contributed by atoms with E-state index >= 15 is 0 Å². The van der Waals surface area contributed by atoms with Crippen molar-refractivity contribution in [3.05, 3.63) is 65.1 Å². The molecule has 0 aliphatic heterocycles. The van der Waals surface area contributed by atoms with Gasteiger partial charge in [-0.15, -0.1) is 0 Å². The van der Waals surface area contributed by atoms with Crippen LogP contribution in [0, 0.1) is 0 Å². The SMILES string of the molecule is CCn1ncc2cc(Cl)nc(/C=C/COC(C)(C)C(NC(N)=O)c3ccccc3)c21. The van der Waals surface area contributed by atoms with E-state index in [0.717, 1.165) is 28.7 Å². The molecule has 0 aliphatic rings. The Morgan fingerprint density at radius 1 is 1.37 bits per heavy atom. The van der Waals surface area contributed by atoms with E-state index in [1.807, 2.05) is 67.9 Å². The van der Waals surface area contributed by atoms with Crippen LogP contribution in [0.4, 0.5) is 4.79 Å². The molecule has 2 aromatic heterocycles. The summed E-state index contributed by atoms with van der Waals surface area (Å²) >= 11 is 6.15. The number of hydrogen-bond acceptors (Lipinski definition) is 4. The quantitative estimate of drug-likeness (QED) is 0.523. The van der Waals surface area contributed by atoms with Crippen LogP contribution in [0.15, 0.2) is 48.7 Å². The molecule has 2 amide bonds. The number of fused-ring (bicyclic) bond motifs is 1. The number of aromatic nitrogens is 3. The summed E-state index contributed by atoms with van der Waals surface area (Å²) < 4.78 is 7.99. The highest BCUT2D eigenvalue weighted by molar-refractivity contribution is 6.30. The van der Waals surface area contributed by atoms with Crippen molar-refractivity contribution in [1.82, 2.24) is 20.1 Å². The number of aryl methyl sites for hydroxylation is 1. The second kappa shape index (κ2) is 9.28. The van der Waals surface area contributed by atoms with Crippen molar-refractivity contribution in [2.24, 2.45) is 5.73 Å². The van der Waals surface area contributed by atoms with E-state index in [1.54, 1.807) is 12.3 Å². The molecule has 1 aromatic carbocycles. The molecular weight excluding hydrogens is 402 g/mol. The zero-order chi connectivity index (χ0) is 21.7. The molecular formula is C22H26ClN5O2. The van der Waals surface area contributed by atoms with Crippen molar-refractivity contribution in [1.29, 1.82) is 0 Å². The molecule has 3 aromatic rings. The van der Waals surface area contributed by atoms with E-state index < -0.39 is 17.7 Å². The number of primary amides is 1. The number of nitrogens with zero attached hydrogens (tertiary/aromatic N) is 3. The number of amides is 2. The maximum Gasteiger partial charge on any atom is 0.312 e. The first-order valence-corrected chi connectivity index (χ1v) is 10.1. The number of carbonyl (C=O) groups is 1. The average Bonchev–Trinajstić information content (AvgIpc) is 3.12. The second-order valence-corrected chi connectivity index (χ2v) is 7.78. The topological polar surface area (TPSA) is 95.1 Å². The summed E-state index contributed by atoms with van der Waals surface area (Å²) in [7, 11) is 0. The number of hydrogen-bond donors (Lipinski definition) is 2. The van der Waals surface area contributed by atoms with Crippen LogP contribution in [0.25, 0.3) is 17.0 Å². The Kier molecular flexibility index (Phi) is 6.74. The number of urea groups is 1. The van der Waals surface area contributed by atoms with Gasteiger partial charge >= 0.3 is 6.03 Å². The molecule has 2 heterocycles. The van der Waals surface area contributed by atoms with Gasteiger partial charge in [0.25, 0.3) is 0 Å². The van der Waals surface area contributed by atoms with Gasteiger partial charge in [-0.05, 0) is 38.5 Å². The number of benzene rings is 1. The first-order valence-electron chi connectivity index (χ1n) is 9.75. The molecule has 158 valence electrons. The van der Waals surface area contributed by atoms with Crippen molar-refractivity contribution < 1.29 is 9.53 Å². The van der Waals surface area contributed by atoms with Crippen molar-refractivity contribution in [2.75, 3.05) is 6.61 Å². The first kappa shape index (κ1) is 21.8. The van der Waals surface area contributed by atoms with E-state index in [2.05, 4.69) is 15.4 Å². The summed E-state index contributed by atoms with van der Waals surface area (Å²) in [6.45, 7) is 6.89. The number of rotatable bonds is 8. The molecule has 0 bridgehead atoms. The Morgan fingerprint density at radius 2 is 2.10 bits per heavy atom. The van der Waals surface area contributed by atoms with Gasteiger partial charge in [-0.2, -0.15) is 5.10 Å². The third-order valence-electron chi connectivity index (χ3n) is 4.85. The Labute approximate surface area is 180 Å². The zero-order valence-electron chi connectivity index (χ0n) is 17.3. The molecule has 0 saturated heterocycles. The Hall–Kier alpha value is -2.90. The van der Waals surface area contributed by atoms with Crippen molar-refractivity contribution in [2.45, 2.75) is 39.0 Å². The van der Waals surface area contributed by atoms with Crippen LogP contribution in [-0.4, -0.2) is 33.0 Å². The monoisotopic (exact) mass is 427 g/mol. The lowest BCUT2D eigenvalue weighted by molar-refractivity contribution is -0.0279. The number of carbonyl (C=O) groups excluding carboxylic acids is 1. The molecule has 3 rings (SSSR count). The van der Waals surface area contributed by atoms with Gasteiger partial charge < -0.3 is 15.8 Å². The van der Waals surface area contributed by atoms with Gasteiger partial charge in [0, 0.05) is 11.9 Å². The fraction of sp³-hybridized carbons (Fsp3) is 0.318. The Bertz CT molecular complexity index is 1050. The maximum absolute atomic E-state index is 11.5. The van der Waals surface area contributed by atoms with Crippen LogP contribution < -0.4 is 11.1 Å². The summed E-state index contributed by atoms with van der Waals surface area (Å²) in [5.41, 5.74) is 7.26. The third kappa shape index (κ3) is 4.98. The third-order valence-corrected chi connectivity index (χ3v) is 5.05. The highest BCUT2D eigenvalue weighted by atomic mass is 35.5. The van der Waals surface area contributed by atoms with Gasteiger partial charge in [0.15, 0.2) is 0 Å². The smallest absolute Gasteiger partial charge is 0.312 e. The molecule has 30 heavy (non-hydrogen) atoms. The molecule has 7 nitrogen and oxygen atoms in total. The van der Waals surface area contributed by atoms with E-state index in [0.29, 0.717) is 11.8 Å². The van der Waals surface area contributed by atoms with E-state index in [1.165, 1.54) is 0 Å². The minimum absolute atomic E-state index is 0.312. The zero-order valence-corrected chi connectivity index (χ0v) is 18.1. The van der Waals surface area contributed by atoms with Crippen molar-refractivity contribution in [3.8, 4) is 0 Å². The normalized spacial score (nSPS) is 13.1. The number of ether oxygens (including phenoxy) is 1. The molecule has 0 saturated carbocycles. The minimum Gasteiger partial charge on any atom is -0.369 e. The van der Waals surface area contributed by atoms with Crippen LogP contribution in [-0.2, 0) is 11.3 Å². The lowest BCUT2D eigenvalue weighted by Crippen LogP contribution is -2.46. The van der Waals surface area contributed by atoms with Crippen LogP contribution >= 0.6 is 11.6 Å². The molecule has 0 aliphatic carbocycles. The van der Waals surface area contributed by atoms with Crippen LogP contribution in [0.1, 0.15) is 38.1 Å². The minimum atomic E-state index is -0.705. The van der Waals surface area contributed by atoms with Gasteiger partial charge in [-0.1, -0.05) is 48.0 Å². The van der Waals surface area contributed by atoms with Gasteiger partial charge in [-0.25, -0.2) is 9.78 Å². The summed E-state index contributed by atoms with van der Waals surface area (Å²) in [5, 5.41) is 8.50. The van der Waals surface area contributed by atoms with Gasteiger partial charge in [0.05, 0.1) is 35.7 Å². The van der Waals surface area contributed by atoms with Crippen molar-refractivity contribution in [3.63, 3.8) is 0 Å². The lowest BCUT2D eigenvalue weighted by atomic mass is 9.91. The summed E-state index contributed by atoms with van der Waals surface area (Å²) in [4.78, 5) is 16.0. The number of nitrogens with one attached hydrogen (secondary N) is 1. The number of pyridine rings is 1. The molecule has 0 spiro atoms. The molecule has 1 atom stereocenters. The van der Waals surface area contributed by atoms with Crippen LogP contribution in [0.2, 0.25) is 5.15 Å². The van der Waals surface area contributed by atoms with E-state index in [9.17, 15) is 4.79 Å². The highest BCUT2D eigenvalue weighted by Crippen LogP contribution is 2.29. The van der Waals surface area contributed by atoms with E-state index in [-0.39, 0.29) is 0 Å². The highest BCUT2D eigenvalue weighted by Gasteiger charge is 2.32. The number of nitrogens with two attached hydrogens (primary N) is 1. The molecule has 1 unspecified atom stereocenters. The lowest BCUT2D eigenvalue weighted by Gasteiger charge is -2.34. The second-order valence-electron chi connectivity index (χ2n) is 7.40. The summed E-state index contributed by atoms with van der Waals surface area (Å²) in [5.74, 6) is 0. The van der Waals surface area contributed by atoms with E-state index in [4.69, 9.17) is 22.1 Å². The standard InChI is InChI=1S/C22H26ClN5O2/c1-4-28-19-16(14-25-28)13-18(23)26-17(19)11-8-12-30-22(2,3)20(27-21(24)29)15-9-6-5-7-10-15/h5-11,13-14,20H,4,12H2,1-3H3,(H3,24,27,29)/b11-8+. The fourth-order valence-corrected chi connectivity index (χ4v) is 3.63. The molecule has 0 radical (unpaired) electrons. The fourth-order valence-electron chi connectivity index (χ4n) is 3.42. The maximum atomic E-state index is 11.5. The molecule has 8 heteroatoms. The largest absolute Gasteiger partial charge is 0.369 e. The Balaban J connectivity index is 1.77. The van der Waals surface area contributed by atoms with Crippen LogP contribution in [0.5, 0.6) is 0 Å². The van der Waals surface area contributed by atoms with Gasteiger partial charge in [0.2, 0.25) is 0 Å². The summed E-state index contributed by atoms with van der Waals surface area (Å²) in [6.07, 6.45) is 5.53. The summed E-state index contributed by atoms with van der Waals surface area (Å²) in [6, 6.07) is 10.4. The first-order chi connectivity index (χ1) is 14.3. The predicted octanol–water partition coefficient (Wildman–Crippen LogP) is 4.32.